The number of aliphatic hydroxyl groups is 2. The molecule has 5 fully saturated rings. The molecule has 5 rings (SSSR count). The lowest BCUT2D eigenvalue weighted by molar-refractivity contribution is -0.193. The second-order valence-corrected chi connectivity index (χ2v) is 10.5. The van der Waals surface area contributed by atoms with Crippen molar-refractivity contribution in [2.75, 3.05) is 0 Å². The molecule has 0 aromatic carbocycles. The van der Waals surface area contributed by atoms with Crippen LogP contribution in [-0.4, -0.2) is 28.2 Å². The number of carbonyl (C=O) groups is 1. The first kappa shape index (κ1) is 15.8. The number of Topliss-reactive ketones (excluding diaryl/α,β-unsaturated/α-hetero) is 1. The first-order valence-electron chi connectivity index (χ1n) is 10.1. The second-order valence-electron chi connectivity index (χ2n) is 10.5. The molecule has 0 aromatic rings. The molecular weight excluding hydrogens is 300 g/mol. The highest BCUT2D eigenvalue weighted by Gasteiger charge is 2.78. The van der Waals surface area contributed by atoms with Crippen LogP contribution in [-0.2, 0) is 4.79 Å². The maximum absolute atomic E-state index is 12.2. The van der Waals surface area contributed by atoms with Gasteiger partial charge in [0, 0.05) is 11.3 Å². The van der Waals surface area contributed by atoms with Gasteiger partial charge in [0.2, 0.25) is 0 Å². The summed E-state index contributed by atoms with van der Waals surface area (Å²) in [5.41, 5.74) is 0.158. The molecule has 5 saturated carbocycles. The van der Waals surface area contributed by atoms with Crippen molar-refractivity contribution < 1.29 is 15.0 Å². The van der Waals surface area contributed by atoms with E-state index in [1.165, 1.54) is 19.3 Å². The highest BCUT2D eigenvalue weighted by Crippen LogP contribution is 2.81. The molecule has 0 radical (unpaired) electrons. The van der Waals surface area contributed by atoms with Crippen LogP contribution in [0.5, 0.6) is 0 Å². The number of aliphatic hydroxyl groups excluding tert-OH is 2. The standard InChI is InChI=1S/C21H32O3/c1-11(22)14-4-5-15-13-8-17(24)21-9-12(21)6-7-20(21,3)18(13)16(23)10-19(14,15)2/h12-18,23-24H,4-10H2,1-3H3/t12-,13+,14+,15-,16-,17+,18-,19-,20-,21+/m1/s1. The molecule has 2 N–H and O–H groups in total. The molecule has 24 heavy (non-hydrogen) atoms. The smallest absolute Gasteiger partial charge is 0.133 e. The van der Waals surface area contributed by atoms with Crippen molar-refractivity contribution >= 4 is 5.78 Å². The highest BCUT2D eigenvalue weighted by atomic mass is 16.3. The molecule has 0 bridgehead atoms. The van der Waals surface area contributed by atoms with Gasteiger partial charge >= 0.3 is 0 Å². The molecule has 3 nitrogen and oxygen atoms in total. The molecule has 1 spiro atoms. The maximum Gasteiger partial charge on any atom is 0.133 e. The van der Waals surface area contributed by atoms with Gasteiger partial charge in [0.25, 0.3) is 0 Å². The predicted molar refractivity (Wildman–Crippen MR) is 91.1 cm³/mol. The number of hydrogen-bond donors (Lipinski definition) is 2. The molecule has 0 saturated heterocycles. The minimum atomic E-state index is -0.301. The molecule has 5 aliphatic rings. The van der Waals surface area contributed by atoms with Gasteiger partial charge in [-0.3, -0.25) is 4.79 Å². The third-order valence-electron chi connectivity index (χ3n) is 10.00. The summed E-state index contributed by atoms with van der Waals surface area (Å²) in [6.07, 6.45) is 6.83. The van der Waals surface area contributed by atoms with Crippen LogP contribution in [0.15, 0.2) is 0 Å². The summed E-state index contributed by atoms with van der Waals surface area (Å²) in [5.74, 6) is 2.34. The molecule has 0 unspecified atom stereocenters. The van der Waals surface area contributed by atoms with E-state index in [-0.39, 0.29) is 34.4 Å². The van der Waals surface area contributed by atoms with Gasteiger partial charge in [-0.1, -0.05) is 13.8 Å². The third kappa shape index (κ3) is 1.52. The minimum absolute atomic E-state index is 0.0610. The maximum atomic E-state index is 12.2. The molecule has 0 aromatic heterocycles. The summed E-state index contributed by atoms with van der Waals surface area (Å²) in [5, 5.41) is 22.4. The van der Waals surface area contributed by atoms with Crippen LogP contribution in [0.1, 0.15) is 65.7 Å². The average molecular weight is 332 g/mol. The van der Waals surface area contributed by atoms with Gasteiger partial charge in [0.05, 0.1) is 12.2 Å². The van der Waals surface area contributed by atoms with E-state index in [0.717, 1.165) is 25.7 Å². The third-order valence-corrected chi connectivity index (χ3v) is 10.00. The van der Waals surface area contributed by atoms with E-state index in [4.69, 9.17) is 0 Å². The van der Waals surface area contributed by atoms with Gasteiger partial charge in [-0.15, -0.1) is 0 Å². The number of rotatable bonds is 1. The lowest BCUT2D eigenvalue weighted by atomic mass is 9.44. The SMILES string of the molecule is CC(=O)[C@@H]1CC[C@@H]2[C@@H]3C[C@H](O)[C@]45C[C@H]4CC[C@]5(C)[C@H]3[C@H](O)C[C@@]21C. The second kappa shape index (κ2) is 4.46. The summed E-state index contributed by atoms with van der Waals surface area (Å²) in [6.45, 7) is 6.36. The van der Waals surface area contributed by atoms with Crippen LogP contribution in [0.4, 0.5) is 0 Å². The Kier molecular flexibility index (Phi) is 2.94. The van der Waals surface area contributed by atoms with Gasteiger partial charge in [-0.2, -0.15) is 0 Å². The Hall–Kier alpha value is -0.410. The van der Waals surface area contributed by atoms with Gasteiger partial charge in [0.1, 0.15) is 5.78 Å². The largest absolute Gasteiger partial charge is 0.393 e. The lowest BCUT2D eigenvalue weighted by Gasteiger charge is -2.61. The van der Waals surface area contributed by atoms with Crippen molar-refractivity contribution in [1.82, 2.24) is 0 Å². The van der Waals surface area contributed by atoms with Crippen LogP contribution in [0, 0.1) is 45.8 Å². The zero-order chi connectivity index (χ0) is 17.1. The van der Waals surface area contributed by atoms with Crippen molar-refractivity contribution in [3.05, 3.63) is 0 Å². The number of hydrogen-bond acceptors (Lipinski definition) is 3. The number of carbonyl (C=O) groups excluding carboxylic acids is 1. The molecule has 134 valence electrons. The van der Waals surface area contributed by atoms with E-state index in [0.29, 0.717) is 29.5 Å². The fourth-order valence-electron chi connectivity index (χ4n) is 9.10. The number of ketones is 1. The Labute approximate surface area is 145 Å². The quantitative estimate of drug-likeness (QED) is 0.775. The summed E-state index contributed by atoms with van der Waals surface area (Å²) < 4.78 is 0. The fraction of sp³-hybridized carbons (Fsp3) is 0.952. The Morgan fingerprint density at radius 1 is 1.08 bits per heavy atom. The summed E-state index contributed by atoms with van der Waals surface area (Å²) >= 11 is 0. The Balaban J connectivity index is 1.56. The molecule has 0 heterocycles. The average Bonchev–Trinajstić information content (AvgIpc) is 3.02. The zero-order valence-corrected chi connectivity index (χ0v) is 15.3. The normalized spacial score (nSPS) is 64.0. The van der Waals surface area contributed by atoms with Gasteiger partial charge in [-0.25, -0.2) is 0 Å². The summed E-state index contributed by atoms with van der Waals surface area (Å²) in [4.78, 5) is 12.2. The monoisotopic (exact) mass is 332 g/mol. The molecule has 3 heteroatoms. The fourth-order valence-corrected chi connectivity index (χ4v) is 9.10. The van der Waals surface area contributed by atoms with E-state index in [2.05, 4.69) is 13.8 Å². The van der Waals surface area contributed by atoms with Gasteiger partial charge < -0.3 is 10.2 Å². The highest BCUT2D eigenvalue weighted by molar-refractivity contribution is 5.79. The van der Waals surface area contributed by atoms with Gasteiger partial charge in [-0.05, 0) is 86.4 Å². The summed E-state index contributed by atoms with van der Waals surface area (Å²) in [7, 11) is 0. The van der Waals surface area contributed by atoms with Crippen LogP contribution in [0.25, 0.3) is 0 Å². The first-order chi connectivity index (χ1) is 11.3. The summed E-state index contributed by atoms with van der Waals surface area (Å²) in [6, 6.07) is 0. The number of fused-ring (bicyclic) bond motifs is 4. The van der Waals surface area contributed by atoms with Crippen LogP contribution >= 0.6 is 0 Å². The van der Waals surface area contributed by atoms with Crippen LogP contribution in [0.2, 0.25) is 0 Å². The van der Waals surface area contributed by atoms with Crippen LogP contribution in [0.3, 0.4) is 0 Å². The van der Waals surface area contributed by atoms with Crippen molar-refractivity contribution in [3.8, 4) is 0 Å². The lowest BCUT2D eigenvalue weighted by Crippen LogP contribution is -2.61. The minimum Gasteiger partial charge on any atom is -0.393 e. The zero-order valence-electron chi connectivity index (χ0n) is 15.3. The Bertz CT molecular complexity index is 602. The molecule has 0 aliphatic heterocycles. The van der Waals surface area contributed by atoms with E-state index in [9.17, 15) is 15.0 Å². The van der Waals surface area contributed by atoms with Crippen molar-refractivity contribution in [3.63, 3.8) is 0 Å². The van der Waals surface area contributed by atoms with E-state index in [1.807, 2.05) is 0 Å². The molecule has 10 atom stereocenters. The van der Waals surface area contributed by atoms with Gasteiger partial charge in [0.15, 0.2) is 0 Å². The van der Waals surface area contributed by atoms with Crippen molar-refractivity contribution in [2.24, 2.45) is 45.8 Å². The van der Waals surface area contributed by atoms with Crippen LogP contribution < -0.4 is 0 Å². The van der Waals surface area contributed by atoms with E-state index in [1.54, 1.807) is 6.92 Å². The van der Waals surface area contributed by atoms with Crippen molar-refractivity contribution in [2.45, 2.75) is 77.9 Å². The van der Waals surface area contributed by atoms with E-state index < -0.39 is 0 Å². The van der Waals surface area contributed by atoms with Crippen molar-refractivity contribution in [1.29, 1.82) is 0 Å². The molecule has 5 aliphatic carbocycles. The first-order valence-corrected chi connectivity index (χ1v) is 10.1. The molecule has 0 amide bonds. The topological polar surface area (TPSA) is 57.5 Å². The molecular formula is C21H32O3. The van der Waals surface area contributed by atoms with E-state index >= 15 is 0 Å². The Morgan fingerprint density at radius 2 is 1.83 bits per heavy atom. The Morgan fingerprint density at radius 3 is 2.50 bits per heavy atom. The predicted octanol–water partition coefficient (Wildman–Crippen LogP) is 3.18.